The maximum Gasteiger partial charge on any atom is 0.265 e. The van der Waals surface area contributed by atoms with Gasteiger partial charge >= 0.3 is 0 Å². The van der Waals surface area contributed by atoms with Crippen LogP contribution in [0.2, 0.25) is 0 Å². The molecule has 5 atom stereocenters. The van der Waals surface area contributed by atoms with Gasteiger partial charge in [-0.1, -0.05) is 36.4 Å². The van der Waals surface area contributed by atoms with Gasteiger partial charge in [-0.15, -0.1) is 0 Å². The number of benzene rings is 2. The summed E-state index contributed by atoms with van der Waals surface area (Å²) in [6.07, 6.45) is -0.0582. The summed E-state index contributed by atoms with van der Waals surface area (Å²) in [5, 5.41) is 26.9. The molecule has 0 saturated carbocycles. The van der Waals surface area contributed by atoms with Gasteiger partial charge in [0.05, 0.1) is 12.0 Å². The Morgan fingerprint density at radius 3 is 2.61 bits per heavy atom. The number of para-hydroxylation sites is 2. The van der Waals surface area contributed by atoms with Gasteiger partial charge in [0.25, 0.3) is 11.8 Å². The highest BCUT2D eigenvalue weighted by Gasteiger charge is 2.82. The van der Waals surface area contributed by atoms with Crippen LogP contribution in [-0.4, -0.2) is 72.5 Å². The topological polar surface area (TPSA) is 109 Å². The van der Waals surface area contributed by atoms with Gasteiger partial charge in [-0.2, -0.15) is 0 Å². The van der Waals surface area contributed by atoms with Crippen molar-refractivity contribution in [2.24, 2.45) is 0 Å². The number of rotatable bonds is 2. The summed E-state index contributed by atoms with van der Waals surface area (Å²) in [6, 6.07) is 15.5. The van der Waals surface area contributed by atoms with Crippen LogP contribution >= 0.6 is 21.6 Å². The highest BCUT2D eigenvalue weighted by molar-refractivity contribution is 8.78. The molecule has 1 aromatic heterocycles. The van der Waals surface area contributed by atoms with Crippen molar-refractivity contribution in [2.75, 3.05) is 19.0 Å². The summed E-state index contributed by atoms with van der Waals surface area (Å²) in [6.45, 7) is -0.506. The summed E-state index contributed by atoms with van der Waals surface area (Å²) in [7, 11) is 3.87. The van der Waals surface area contributed by atoms with E-state index < -0.39 is 34.0 Å². The fraction of sp³-hybridized carbons (Fsp3) is 0.304. The number of carbonyl (C=O) groups excluding carboxylic acids is 2. The quantitative estimate of drug-likeness (QED) is 0.413. The van der Waals surface area contributed by atoms with Crippen molar-refractivity contribution in [1.29, 1.82) is 0 Å². The Bertz CT molecular complexity index is 1380. The van der Waals surface area contributed by atoms with Crippen molar-refractivity contribution >= 4 is 50.0 Å². The number of amides is 2. The van der Waals surface area contributed by atoms with E-state index in [1.807, 2.05) is 54.7 Å². The molecule has 0 radical (unpaired) electrons. The molecule has 0 aliphatic carbocycles. The number of H-pyrrole nitrogens is 1. The molecule has 168 valence electrons. The number of nitrogens with zero attached hydrogens (tertiary/aromatic N) is 2. The van der Waals surface area contributed by atoms with E-state index in [0.29, 0.717) is 0 Å². The van der Waals surface area contributed by atoms with Gasteiger partial charge in [0.2, 0.25) is 9.74 Å². The highest BCUT2D eigenvalue weighted by Crippen LogP contribution is 2.69. The Morgan fingerprint density at radius 1 is 1.03 bits per heavy atom. The third-order valence-corrected chi connectivity index (χ3v) is 11.4. The number of piperazine rings is 1. The van der Waals surface area contributed by atoms with Crippen LogP contribution in [0, 0.1) is 0 Å². The van der Waals surface area contributed by atoms with Crippen LogP contribution in [0.5, 0.6) is 0 Å². The molecule has 4 saturated heterocycles. The number of aliphatic hydroxyl groups excluding tert-OH is 2. The van der Waals surface area contributed by atoms with E-state index in [2.05, 4.69) is 10.3 Å². The van der Waals surface area contributed by atoms with Crippen molar-refractivity contribution in [1.82, 2.24) is 14.8 Å². The molecule has 3 aromatic rings. The predicted octanol–water partition coefficient (Wildman–Crippen LogP) is 1.66. The van der Waals surface area contributed by atoms with Gasteiger partial charge < -0.3 is 25.4 Å². The number of aliphatic hydroxyl groups is 2. The molecule has 1 spiro atoms. The molecule has 4 fully saturated rings. The molecule has 8 rings (SSSR count). The van der Waals surface area contributed by atoms with E-state index >= 15 is 0 Å². The van der Waals surface area contributed by atoms with Gasteiger partial charge in [0, 0.05) is 29.8 Å². The maximum atomic E-state index is 14.0. The molecule has 2 aromatic carbocycles. The predicted molar refractivity (Wildman–Crippen MR) is 126 cm³/mol. The highest BCUT2D eigenvalue weighted by atomic mass is 33.1. The number of likely N-dealkylation sites (N-methyl/N-ethyl adjacent to an activating group) is 1. The molecule has 5 aliphatic rings. The Balaban J connectivity index is 1.58. The molecule has 33 heavy (non-hydrogen) atoms. The zero-order chi connectivity index (χ0) is 22.8. The van der Waals surface area contributed by atoms with Crippen molar-refractivity contribution in [3.8, 4) is 0 Å². The lowest BCUT2D eigenvalue weighted by atomic mass is 9.70. The zero-order valence-electron chi connectivity index (χ0n) is 17.5. The first kappa shape index (κ1) is 19.8. The number of hydrogen-bond acceptors (Lipinski definition) is 7. The minimum atomic E-state index is -1.52. The third-order valence-electron chi connectivity index (χ3n) is 7.78. The summed E-state index contributed by atoms with van der Waals surface area (Å²) in [5.41, 5.74) is 2.30. The minimum Gasteiger partial charge on any atom is -0.392 e. The summed E-state index contributed by atoms with van der Waals surface area (Å²) < 4.78 is 0. The molecule has 5 aliphatic heterocycles. The lowest BCUT2D eigenvalue weighted by Gasteiger charge is -2.58. The third kappa shape index (κ3) is 1.87. The molecule has 8 nitrogen and oxygen atoms in total. The van der Waals surface area contributed by atoms with Crippen LogP contribution < -0.4 is 5.32 Å². The van der Waals surface area contributed by atoms with Crippen molar-refractivity contribution in [3.05, 3.63) is 65.9 Å². The Morgan fingerprint density at radius 2 is 1.79 bits per heavy atom. The number of anilines is 1. The number of fused-ring (bicyclic) bond motifs is 6. The molecule has 2 amide bonds. The lowest BCUT2D eigenvalue weighted by molar-refractivity contribution is -0.169. The standard InChI is InChI=1S/C23H20N4O4S2/c1-26-20(31)23-17(29)22(14-10-24-15-8-4-2-6-12(14)15)13-7-3-5-9-16(13)25-18(22)27(23)19(30)21(26,11-28)32-33-23/h2-10,17-18,24-25,28-29H,11H2,1H3/t17-,18+,21-,22+,23-/m0/s1. The Hall–Kier alpha value is -2.66. The SMILES string of the molecule is CN1C(=O)[C@]23SS[C@@]1(CO)C(=O)N2[C@H]1Nc2ccccc2[C@@]1(c1c[nH]c2ccccc12)[C@@H]3O. The first-order valence-corrected chi connectivity index (χ1v) is 12.8. The monoisotopic (exact) mass is 480 g/mol. The van der Waals surface area contributed by atoms with Crippen molar-refractivity contribution in [2.45, 2.75) is 27.4 Å². The Kier molecular flexibility index (Phi) is 3.63. The molecule has 0 unspecified atom stereocenters. The van der Waals surface area contributed by atoms with E-state index in [0.717, 1.165) is 38.5 Å². The number of nitrogens with one attached hydrogen (secondary N) is 2. The first-order chi connectivity index (χ1) is 15.9. The average molecular weight is 481 g/mol. The molecule has 6 heterocycles. The van der Waals surface area contributed by atoms with Crippen molar-refractivity contribution < 1.29 is 19.8 Å². The summed E-state index contributed by atoms with van der Waals surface area (Å²) in [5.74, 6) is -0.748. The molecule has 4 N–H and O–H groups in total. The maximum absolute atomic E-state index is 14.0. The van der Waals surface area contributed by atoms with Gasteiger partial charge in [0.1, 0.15) is 12.3 Å². The van der Waals surface area contributed by atoms with E-state index in [1.54, 1.807) is 0 Å². The van der Waals surface area contributed by atoms with Crippen molar-refractivity contribution in [3.63, 3.8) is 0 Å². The number of aromatic amines is 1. The van der Waals surface area contributed by atoms with Crippen LogP contribution in [0.1, 0.15) is 11.1 Å². The van der Waals surface area contributed by atoms with Gasteiger partial charge in [-0.3, -0.25) is 14.5 Å². The van der Waals surface area contributed by atoms with E-state index in [-0.39, 0.29) is 11.8 Å². The molecule has 2 bridgehead atoms. The fourth-order valence-corrected chi connectivity index (χ4v) is 9.86. The average Bonchev–Trinajstić information content (AvgIpc) is 3.47. The molecular weight excluding hydrogens is 460 g/mol. The number of aromatic nitrogens is 1. The summed E-state index contributed by atoms with van der Waals surface area (Å²) in [4.78, 5) is 31.0. The normalized spacial score (nSPS) is 36.2. The van der Waals surface area contributed by atoms with Crippen LogP contribution in [-0.2, 0) is 15.0 Å². The second kappa shape index (κ2) is 6.06. The minimum absolute atomic E-state index is 0.373. The van der Waals surface area contributed by atoms with Crippen LogP contribution in [0.4, 0.5) is 5.69 Å². The largest absolute Gasteiger partial charge is 0.392 e. The zero-order valence-corrected chi connectivity index (χ0v) is 19.1. The second-order valence-electron chi connectivity index (χ2n) is 8.96. The van der Waals surface area contributed by atoms with E-state index in [9.17, 15) is 19.8 Å². The van der Waals surface area contributed by atoms with Crippen LogP contribution in [0.25, 0.3) is 10.9 Å². The Labute approximate surface area is 196 Å². The van der Waals surface area contributed by atoms with E-state index in [1.165, 1.54) is 27.6 Å². The fourth-order valence-electron chi connectivity index (χ4n) is 6.20. The van der Waals surface area contributed by atoms with Crippen LogP contribution in [0.15, 0.2) is 54.7 Å². The smallest absolute Gasteiger partial charge is 0.265 e. The van der Waals surface area contributed by atoms with Gasteiger partial charge in [-0.25, -0.2) is 0 Å². The summed E-state index contributed by atoms with van der Waals surface area (Å²) >= 11 is 0. The molecule has 10 heteroatoms. The second-order valence-corrected chi connectivity index (χ2v) is 11.6. The van der Waals surface area contributed by atoms with Gasteiger partial charge in [-0.05, 0) is 44.8 Å². The molecular formula is C23H20N4O4S2. The van der Waals surface area contributed by atoms with E-state index in [4.69, 9.17) is 0 Å². The first-order valence-electron chi connectivity index (χ1n) is 10.6. The van der Waals surface area contributed by atoms with Crippen LogP contribution in [0.3, 0.4) is 0 Å². The van der Waals surface area contributed by atoms with Gasteiger partial charge in [0.15, 0.2) is 0 Å². The lowest BCUT2D eigenvalue weighted by Crippen LogP contribution is -2.79. The number of hydrogen-bond donors (Lipinski definition) is 4. The number of carbonyl (C=O) groups is 2.